The van der Waals surface area contributed by atoms with Crippen LogP contribution in [0.2, 0.25) is 0 Å². The van der Waals surface area contributed by atoms with Crippen LogP contribution in [0.5, 0.6) is 0 Å². The zero-order valence-corrected chi connectivity index (χ0v) is 13.9. The van der Waals surface area contributed by atoms with Gasteiger partial charge in [0.25, 0.3) is 11.5 Å². The molecule has 3 heterocycles. The Balaban J connectivity index is 1.38. The summed E-state index contributed by atoms with van der Waals surface area (Å²) in [5, 5.41) is 0. The minimum atomic E-state index is -0.262. The first-order valence-corrected chi connectivity index (χ1v) is 8.61. The number of rotatable bonds is 5. The molecular weight excluding hydrogens is 320 g/mol. The van der Waals surface area contributed by atoms with Gasteiger partial charge in [-0.1, -0.05) is 6.07 Å². The summed E-state index contributed by atoms with van der Waals surface area (Å²) >= 11 is 0. The molecule has 0 aromatic carbocycles. The third-order valence-electron chi connectivity index (χ3n) is 4.57. The van der Waals surface area contributed by atoms with Crippen LogP contribution in [0.3, 0.4) is 0 Å². The molecule has 2 aliphatic rings. The molecule has 1 aliphatic carbocycles. The standard InChI is InChI=1S/C18H20N4O3/c23-16-9-15(20-17(21-16)12-4-5-12)18(24)22-8-6-14(10-22)25-11-13-3-1-2-7-19-13/h1-3,7,9,12,14H,4-6,8,10-11H2,(H,20,21,23). The van der Waals surface area contributed by atoms with Crippen LogP contribution in [-0.2, 0) is 11.3 Å². The van der Waals surface area contributed by atoms with Gasteiger partial charge in [0.2, 0.25) is 0 Å². The predicted octanol–water partition coefficient (Wildman–Crippen LogP) is 1.47. The van der Waals surface area contributed by atoms with Crippen LogP contribution < -0.4 is 5.56 Å². The molecule has 0 bridgehead atoms. The number of aromatic nitrogens is 3. The fraction of sp³-hybridized carbons (Fsp3) is 0.444. The van der Waals surface area contributed by atoms with E-state index >= 15 is 0 Å². The van der Waals surface area contributed by atoms with E-state index in [2.05, 4.69) is 15.0 Å². The fourth-order valence-corrected chi connectivity index (χ4v) is 3.03. The number of H-pyrrole nitrogens is 1. The molecule has 2 aromatic rings. The van der Waals surface area contributed by atoms with Gasteiger partial charge < -0.3 is 14.6 Å². The van der Waals surface area contributed by atoms with E-state index in [1.807, 2.05) is 18.2 Å². The Morgan fingerprint density at radius 3 is 2.96 bits per heavy atom. The van der Waals surface area contributed by atoms with Gasteiger partial charge in [0.05, 0.1) is 18.4 Å². The van der Waals surface area contributed by atoms with Gasteiger partial charge in [-0.15, -0.1) is 0 Å². The Kier molecular flexibility index (Phi) is 4.31. The first kappa shape index (κ1) is 16.0. The number of hydrogen-bond acceptors (Lipinski definition) is 5. The van der Waals surface area contributed by atoms with Crippen molar-refractivity contribution in [3.63, 3.8) is 0 Å². The smallest absolute Gasteiger partial charge is 0.272 e. The second kappa shape index (κ2) is 6.76. The number of aromatic amines is 1. The van der Waals surface area contributed by atoms with Crippen LogP contribution in [-0.4, -0.2) is 45.0 Å². The SMILES string of the molecule is O=C(c1cc(=O)[nH]c(C2CC2)n1)N1CCC(OCc2ccccn2)C1. The Morgan fingerprint density at radius 1 is 1.32 bits per heavy atom. The third-order valence-corrected chi connectivity index (χ3v) is 4.57. The van der Waals surface area contributed by atoms with E-state index in [0.717, 1.165) is 25.0 Å². The minimum Gasteiger partial charge on any atom is -0.370 e. The third kappa shape index (κ3) is 3.76. The van der Waals surface area contributed by atoms with Crippen LogP contribution in [0.25, 0.3) is 0 Å². The Bertz CT molecular complexity index is 817. The number of carbonyl (C=O) groups is 1. The van der Waals surface area contributed by atoms with Crippen molar-refractivity contribution in [3.8, 4) is 0 Å². The highest BCUT2D eigenvalue weighted by atomic mass is 16.5. The maximum atomic E-state index is 12.7. The van der Waals surface area contributed by atoms with Gasteiger partial charge in [-0.05, 0) is 31.4 Å². The summed E-state index contributed by atoms with van der Waals surface area (Å²) in [6, 6.07) is 6.99. The number of nitrogens with zero attached hydrogens (tertiary/aromatic N) is 3. The predicted molar refractivity (Wildman–Crippen MR) is 90.2 cm³/mol. The lowest BCUT2D eigenvalue weighted by Gasteiger charge is -2.16. The Morgan fingerprint density at radius 2 is 2.20 bits per heavy atom. The average molecular weight is 340 g/mol. The summed E-state index contributed by atoms with van der Waals surface area (Å²) in [6.45, 7) is 1.56. The molecule has 7 heteroatoms. The highest BCUT2D eigenvalue weighted by molar-refractivity contribution is 5.92. The highest BCUT2D eigenvalue weighted by Crippen LogP contribution is 2.37. The van der Waals surface area contributed by atoms with E-state index in [1.54, 1.807) is 11.1 Å². The molecule has 1 N–H and O–H groups in total. The number of nitrogens with one attached hydrogen (secondary N) is 1. The van der Waals surface area contributed by atoms with Crippen molar-refractivity contribution in [2.45, 2.75) is 37.9 Å². The van der Waals surface area contributed by atoms with E-state index < -0.39 is 0 Å². The summed E-state index contributed by atoms with van der Waals surface area (Å²) in [6.07, 6.45) is 4.54. The van der Waals surface area contributed by atoms with Crippen LogP contribution in [0.15, 0.2) is 35.3 Å². The van der Waals surface area contributed by atoms with E-state index in [4.69, 9.17) is 4.74 Å². The maximum absolute atomic E-state index is 12.7. The van der Waals surface area contributed by atoms with Gasteiger partial charge in [-0.2, -0.15) is 0 Å². The topological polar surface area (TPSA) is 88.2 Å². The summed E-state index contributed by atoms with van der Waals surface area (Å²) < 4.78 is 5.86. The average Bonchev–Trinajstić information content (AvgIpc) is 3.38. The van der Waals surface area contributed by atoms with E-state index in [1.165, 1.54) is 6.07 Å². The van der Waals surface area contributed by atoms with Crippen LogP contribution >= 0.6 is 0 Å². The lowest BCUT2D eigenvalue weighted by atomic mass is 10.3. The quantitative estimate of drug-likeness (QED) is 0.890. The normalized spacial score (nSPS) is 20.0. The zero-order valence-electron chi connectivity index (χ0n) is 13.9. The minimum absolute atomic E-state index is 0.0177. The van der Waals surface area contributed by atoms with Crippen molar-refractivity contribution in [1.82, 2.24) is 19.9 Å². The van der Waals surface area contributed by atoms with Crippen molar-refractivity contribution in [3.05, 3.63) is 58.0 Å². The van der Waals surface area contributed by atoms with Crippen molar-refractivity contribution in [2.75, 3.05) is 13.1 Å². The summed E-state index contributed by atoms with van der Waals surface area (Å²) in [5.41, 5.74) is 0.844. The molecule has 1 unspecified atom stereocenters. The van der Waals surface area contributed by atoms with Gasteiger partial charge in [0, 0.05) is 31.3 Å². The van der Waals surface area contributed by atoms with Crippen LogP contribution in [0, 0.1) is 0 Å². The van der Waals surface area contributed by atoms with Crippen LogP contribution in [0.4, 0.5) is 0 Å². The molecule has 1 aliphatic heterocycles. The van der Waals surface area contributed by atoms with Gasteiger partial charge in [-0.3, -0.25) is 14.6 Å². The van der Waals surface area contributed by atoms with E-state index in [-0.39, 0.29) is 23.3 Å². The van der Waals surface area contributed by atoms with Crippen molar-refractivity contribution in [2.24, 2.45) is 0 Å². The van der Waals surface area contributed by atoms with Crippen LogP contribution in [0.1, 0.15) is 47.2 Å². The van der Waals surface area contributed by atoms with Crippen molar-refractivity contribution >= 4 is 5.91 Å². The molecule has 130 valence electrons. The summed E-state index contributed by atoms with van der Waals surface area (Å²) in [5.74, 6) is 0.739. The molecule has 4 rings (SSSR count). The molecule has 1 saturated carbocycles. The largest absolute Gasteiger partial charge is 0.370 e. The molecule has 0 spiro atoms. The molecule has 1 saturated heterocycles. The molecule has 2 fully saturated rings. The first-order valence-electron chi connectivity index (χ1n) is 8.61. The lowest BCUT2D eigenvalue weighted by Crippen LogP contribution is -2.32. The molecule has 1 atom stereocenters. The molecular formula is C18H20N4O3. The summed E-state index contributed by atoms with van der Waals surface area (Å²) in [7, 11) is 0. The van der Waals surface area contributed by atoms with Gasteiger partial charge in [-0.25, -0.2) is 4.98 Å². The maximum Gasteiger partial charge on any atom is 0.272 e. The van der Waals surface area contributed by atoms with Gasteiger partial charge in [0.1, 0.15) is 11.5 Å². The molecule has 7 nitrogen and oxygen atoms in total. The fourth-order valence-electron chi connectivity index (χ4n) is 3.03. The number of ether oxygens (including phenoxy) is 1. The molecule has 0 radical (unpaired) electrons. The molecule has 1 amide bonds. The molecule has 25 heavy (non-hydrogen) atoms. The Hall–Kier alpha value is -2.54. The van der Waals surface area contributed by atoms with Gasteiger partial charge in [0.15, 0.2) is 0 Å². The lowest BCUT2D eigenvalue weighted by molar-refractivity contribution is 0.0420. The van der Waals surface area contributed by atoms with E-state index in [0.29, 0.717) is 31.4 Å². The zero-order chi connectivity index (χ0) is 17.2. The Labute approximate surface area is 145 Å². The number of amides is 1. The summed E-state index contributed by atoms with van der Waals surface area (Å²) in [4.78, 5) is 37.5. The molecule has 2 aromatic heterocycles. The van der Waals surface area contributed by atoms with Crippen molar-refractivity contribution < 1.29 is 9.53 Å². The number of carbonyl (C=O) groups excluding carboxylic acids is 1. The van der Waals surface area contributed by atoms with Gasteiger partial charge >= 0.3 is 0 Å². The second-order valence-corrected chi connectivity index (χ2v) is 6.58. The van der Waals surface area contributed by atoms with Crippen molar-refractivity contribution in [1.29, 1.82) is 0 Å². The number of pyridine rings is 1. The highest BCUT2D eigenvalue weighted by Gasteiger charge is 2.31. The van der Waals surface area contributed by atoms with E-state index in [9.17, 15) is 9.59 Å². The first-order chi connectivity index (χ1) is 12.2. The number of hydrogen-bond donors (Lipinski definition) is 1. The number of likely N-dealkylation sites (tertiary alicyclic amines) is 1. The second-order valence-electron chi connectivity index (χ2n) is 6.58. The monoisotopic (exact) mass is 340 g/mol.